The maximum absolute atomic E-state index is 6.31. The van der Waals surface area contributed by atoms with Crippen LogP contribution in [-0.2, 0) is 0 Å². The average Bonchev–Trinajstić information content (AvgIpc) is 2.29. The van der Waals surface area contributed by atoms with Gasteiger partial charge >= 0.3 is 0 Å². The smallest absolute Gasteiger partial charge is 0.00795 e. The van der Waals surface area contributed by atoms with Gasteiger partial charge in [-0.05, 0) is 51.5 Å². The predicted octanol–water partition coefficient (Wildman–Crippen LogP) is 3.26. The lowest BCUT2D eigenvalue weighted by atomic mass is 9.76. The number of hydrogen-bond acceptors (Lipinski definition) is 2. The van der Waals surface area contributed by atoms with Crippen molar-refractivity contribution in [3.63, 3.8) is 0 Å². The molecule has 2 N–H and O–H groups in total. The van der Waals surface area contributed by atoms with Gasteiger partial charge in [-0.2, -0.15) is 0 Å². The van der Waals surface area contributed by atoms with Gasteiger partial charge in [-0.15, -0.1) is 0 Å². The first-order chi connectivity index (χ1) is 8.08. The van der Waals surface area contributed by atoms with Gasteiger partial charge in [0.2, 0.25) is 0 Å². The van der Waals surface area contributed by atoms with Crippen molar-refractivity contribution in [2.75, 3.05) is 13.1 Å². The molecule has 0 bridgehead atoms. The molecule has 1 aliphatic rings. The van der Waals surface area contributed by atoms with Gasteiger partial charge in [-0.1, -0.05) is 26.7 Å². The molecule has 1 aliphatic carbocycles. The van der Waals surface area contributed by atoms with Crippen molar-refractivity contribution < 1.29 is 0 Å². The second-order valence-corrected chi connectivity index (χ2v) is 6.07. The first-order valence-corrected chi connectivity index (χ1v) is 7.58. The summed E-state index contributed by atoms with van der Waals surface area (Å²) in [5.74, 6) is 1.67. The van der Waals surface area contributed by atoms with Crippen LogP contribution < -0.4 is 5.73 Å². The van der Waals surface area contributed by atoms with Gasteiger partial charge in [0.05, 0.1) is 0 Å². The van der Waals surface area contributed by atoms with Crippen LogP contribution in [0.1, 0.15) is 59.8 Å². The second-order valence-electron chi connectivity index (χ2n) is 6.07. The topological polar surface area (TPSA) is 29.3 Å². The molecule has 1 rings (SSSR count). The van der Waals surface area contributed by atoms with Crippen LogP contribution in [0.25, 0.3) is 0 Å². The van der Waals surface area contributed by atoms with Gasteiger partial charge in [0, 0.05) is 18.6 Å². The van der Waals surface area contributed by atoms with Crippen LogP contribution in [0, 0.1) is 11.8 Å². The number of hydrogen-bond donors (Lipinski definition) is 1. The maximum atomic E-state index is 6.31. The third-order valence-corrected chi connectivity index (χ3v) is 4.45. The van der Waals surface area contributed by atoms with Gasteiger partial charge < -0.3 is 10.6 Å². The van der Waals surface area contributed by atoms with Gasteiger partial charge in [0.15, 0.2) is 0 Å². The number of rotatable bonds is 6. The van der Waals surface area contributed by atoms with E-state index in [1.807, 2.05) is 0 Å². The highest BCUT2D eigenvalue weighted by atomic mass is 15.1. The van der Waals surface area contributed by atoms with E-state index < -0.39 is 0 Å². The van der Waals surface area contributed by atoms with Crippen LogP contribution in [0.3, 0.4) is 0 Å². The highest BCUT2D eigenvalue weighted by molar-refractivity contribution is 4.84. The van der Waals surface area contributed by atoms with E-state index >= 15 is 0 Å². The van der Waals surface area contributed by atoms with E-state index in [1.165, 1.54) is 38.6 Å². The Labute approximate surface area is 108 Å². The summed E-state index contributed by atoms with van der Waals surface area (Å²) in [6, 6.07) is 1.09. The number of nitrogens with zero attached hydrogens (tertiary/aromatic N) is 1. The summed E-state index contributed by atoms with van der Waals surface area (Å²) >= 11 is 0. The molecule has 0 aromatic heterocycles. The molecule has 1 saturated carbocycles. The van der Waals surface area contributed by atoms with Gasteiger partial charge in [-0.3, -0.25) is 0 Å². The Morgan fingerprint density at radius 1 is 1.24 bits per heavy atom. The summed E-state index contributed by atoms with van der Waals surface area (Å²) in [5.41, 5.74) is 6.31. The minimum atomic E-state index is 0.441. The van der Waals surface area contributed by atoms with Gasteiger partial charge in [0.1, 0.15) is 0 Å². The molecule has 0 aromatic carbocycles. The quantitative estimate of drug-likeness (QED) is 0.772. The molecular formula is C15H32N2. The molecule has 0 spiro atoms. The Morgan fingerprint density at radius 2 is 1.94 bits per heavy atom. The fourth-order valence-corrected chi connectivity index (χ4v) is 3.27. The maximum Gasteiger partial charge on any atom is 0.00795 e. The standard InChI is InChI=1S/C15H32N2/c1-5-7-13-8-9-15(16)14(10-13)11-17(6-2)12(3)4/h12-15H,5-11,16H2,1-4H3. The molecule has 2 nitrogen and oxygen atoms in total. The van der Waals surface area contributed by atoms with Crippen molar-refractivity contribution in [2.24, 2.45) is 17.6 Å². The van der Waals surface area contributed by atoms with Crippen molar-refractivity contribution in [3.8, 4) is 0 Å². The van der Waals surface area contributed by atoms with Crippen LogP contribution in [-0.4, -0.2) is 30.1 Å². The van der Waals surface area contributed by atoms with E-state index in [0.29, 0.717) is 12.1 Å². The van der Waals surface area contributed by atoms with Crippen molar-refractivity contribution in [1.82, 2.24) is 4.90 Å². The molecule has 0 amide bonds. The van der Waals surface area contributed by atoms with E-state index in [4.69, 9.17) is 5.73 Å². The van der Waals surface area contributed by atoms with Crippen LogP contribution >= 0.6 is 0 Å². The average molecular weight is 240 g/mol. The van der Waals surface area contributed by atoms with Crippen molar-refractivity contribution in [3.05, 3.63) is 0 Å². The summed E-state index contributed by atoms with van der Waals surface area (Å²) in [7, 11) is 0. The molecule has 17 heavy (non-hydrogen) atoms. The molecule has 102 valence electrons. The zero-order valence-electron chi connectivity index (χ0n) is 12.3. The molecule has 0 heterocycles. The molecule has 1 fully saturated rings. The van der Waals surface area contributed by atoms with Crippen LogP contribution in [0.5, 0.6) is 0 Å². The van der Waals surface area contributed by atoms with E-state index in [2.05, 4.69) is 32.6 Å². The Bertz CT molecular complexity index is 203. The van der Waals surface area contributed by atoms with E-state index in [0.717, 1.165) is 18.4 Å². The van der Waals surface area contributed by atoms with Gasteiger partial charge in [0.25, 0.3) is 0 Å². The Balaban J connectivity index is 2.48. The normalized spacial score (nSPS) is 30.2. The highest BCUT2D eigenvalue weighted by Crippen LogP contribution is 2.32. The van der Waals surface area contributed by atoms with E-state index in [9.17, 15) is 0 Å². The largest absolute Gasteiger partial charge is 0.327 e. The molecule has 3 unspecified atom stereocenters. The van der Waals surface area contributed by atoms with Crippen LogP contribution in [0.4, 0.5) is 0 Å². The Hall–Kier alpha value is -0.0800. The summed E-state index contributed by atoms with van der Waals surface area (Å²) in [4.78, 5) is 2.57. The van der Waals surface area contributed by atoms with Crippen LogP contribution in [0.2, 0.25) is 0 Å². The van der Waals surface area contributed by atoms with Crippen molar-refractivity contribution in [2.45, 2.75) is 71.9 Å². The molecule has 0 saturated heterocycles. The fraction of sp³-hybridized carbons (Fsp3) is 1.00. The summed E-state index contributed by atoms with van der Waals surface area (Å²) in [5, 5.41) is 0. The Morgan fingerprint density at radius 3 is 2.47 bits per heavy atom. The lowest BCUT2D eigenvalue weighted by Crippen LogP contribution is -2.45. The zero-order valence-corrected chi connectivity index (χ0v) is 12.3. The summed E-state index contributed by atoms with van der Waals surface area (Å²) < 4.78 is 0. The first-order valence-electron chi connectivity index (χ1n) is 7.58. The molecular weight excluding hydrogens is 208 g/mol. The lowest BCUT2D eigenvalue weighted by molar-refractivity contribution is 0.135. The van der Waals surface area contributed by atoms with Crippen molar-refractivity contribution in [1.29, 1.82) is 0 Å². The summed E-state index contributed by atoms with van der Waals surface area (Å²) in [6.45, 7) is 11.5. The zero-order chi connectivity index (χ0) is 12.8. The van der Waals surface area contributed by atoms with Gasteiger partial charge in [-0.25, -0.2) is 0 Å². The van der Waals surface area contributed by atoms with E-state index in [1.54, 1.807) is 0 Å². The molecule has 2 heteroatoms. The molecule has 3 atom stereocenters. The molecule has 0 aromatic rings. The second kappa shape index (κ2) is 7.38. The first kappa shape index (κ1) is 15.0. The lowest BCUT2D eigenvalue weighted by Gasteiger charge is -2.38. The SMILES string of the molecule is CCCC1CCC(N)C(CN(CC)C(C)C)C1. The third kappa shape index (κ3) is 4.59. The van der Waals surface area contributed by atoms with Crippen LogP contribution in [0.15, 0.2) is 0 Å². The van der Waals surface area contributed by atoms with Crippen molar-refractivity contribution >= 4 is 0 Å². The minimum Gasteiger partial charge on any atom is -0.327 e. The number of nitrogens with two attached hydrogens (primary N) is 1. The minimum absolute atomic E-state index is 0.441. The fourth-order valence-electron chi connectivity index (χ4n) is 3.27. The summed E-state index contributed by atoms with van der Waals surface area (Å²) in [6.07, 6.45) is 6.69. The molecule has 0 aliphatic heterocycles. The highest BCUT2D eigenvalue weighted by Gasteiger charge is 2.29. The molecule has 0 radical (unpaired) electrons. The Kier molecular flexibility index (Phi) is 6.50. The monoisotopic (exact) mass is 240 g/mol. The third-order valence-electron chi connectivity index (χ3n) is 4.45. The predicted molar refractivity (Wildman–Crippen MR) is 76.1 cm³/mol. The van der Waals surface area contributed by atoms with E-state index in [-0.39, 0.29) is 0 Å².